The predicted molar refractivity (Wildman–Crippen MR) is 80.8 cm³/mol. The first-order chi connectivity index (χ1) is 9.35. The highest BCUT2D eigenvalue weighted by atomic mass is 32.2. The standard InChI is InChI=1S/C14H19N3O2S/c1-14(2,19)9-17(3)12(18)8-20-13-15-10-6-4-5-7-11(10)16-13/h4-7,19H,8-9H2,1-3H3,(H,15,16). The van der Waals surface area contributed by atoms with Gasteiger partial charge in [0.05, 0.1) is 22.4 Å². The van der Waals surface area contributed by atoms with Crippen molar-refractivity contribution in [3.8, 4) is 0 Å². The van der Waals surface area contributed by atoms with Crippen molar-refractivity contribution in [2.24, 2.45) is 0 Å². The summed E-state index contributed by atoms with van der Waals surface area (Å²) < 4.78 is 0. The van der Waals surface area contributed by atoms with E-state index in [-0.39, 0.29) is 5.91 Å². The molecule has 0 fully saturated rings. The summed E-state index contributed by atoms with van der Waals surface area (Å²) in [6.45, 7) is 3.68. The molecule has 0 aliphatic carbocycles. The van der Waals surface area contributed by atoms with Gasteiger partial charge in [0.1, 0.15) is 0 Å². The normalized spacial score (nSPS) is 11.8. The molecule has 0 bridgehead atoms. The summed E-state index contributed by atoms with van der Waals surface area (Å²) >= 11 is 1.37. The molecule has 0 atom stereocenters. The van der Waals surface area contributed by atoms with Gasteiger partial charge in [0.15, 0.2) is 5.16 Å². The molecule has 0 unspecified atom stereocenters. The topological polar surface area (TPSA) is 69.2 Å². The summed E-state index contributed by atoms with van der Waals surface area (Å²) in [6.07, 6.45) is 0. The van der Waals surface area contributed by atoms with Gasteiger partial charge >= 0.3 is 0 Å². The molecule has 5 nitrogen and oxygen atoms in total. The first-order valence-electron chi connectivity index (χ1n) is 6.39. The molecule has 0 saturated heterocycles. The Kier molecular flexibility index (Phi) is 4.35. The van der Waals surface area contributed by atoms with Crippen molar-refractivity contribution in [1.29, 1.82) is 0 Å². The molecule has 0 saturated carbocycles. The Balaban J connectivity index is 1.93. The Labute approximate surface area is 122 Å². The number of carbonyl (C=O) groups is 1. The Morgan fingerprint density at radius 1 is 1.45 bits per heavy atom. The predicted octanol–water partition coefficient (Wildman–Crippen LogP) is 1.88. The number of para-hydroxylation sites is 2. The maximum Gasteiger partial charge on any atom is 0.232 e. The minimum Gasteiger partial charge on any atom is -0.389 e. The lowest BCUT2D eigenvalue weighted by atomic mass is 10.1. The molecule has 2 rings (SSSR count). The number of amides is 1. The zero-order valence-corrected chi connectivity index (χ0v) is 12.7. The van der Waals surface area contributed by atoms with Crippen LogP contribution in [0.15, 0.2) is 29.4 Å². The average molecular weight is 293 g/mol. The van der Waals surface area contributed by atoms with Gasteiger partial charge < -0.3 is 15.0 Å². The van der Waals surface area contributed by atoms with Gasteiger partial charge in [-0.15, -0.1) is 0 Å². The number of thioether (sulfide) groups is 1. The second-order valence-electron chi connectivity index (χ2n) is 5.41. The summed E-state index contributed by atoms with van der Waals surface area (Å²) in [5, 5.41) is 10.4. The Morgan fingerprint density at radius 3 is 2.80 bits per heavy atom. The van der Waals surface area contributed by atoms with E-state index in [9.17, 15) is 9.90 Å². The van der Waals surface area contributed by atoms with Crippen LogP contribution in [-0.2, 0) is 4.79 Å². The number of aromatic nitrogens is 2. The van der Waals surface area contributed by atoms with E-state index in [0.717, 1.165) is 16.2 Å². The molecule has 0 spiro atoms. The van der Waals surface area contributed by atoms with Crippen molar-refractivity contribution >= 4 is 28.7 Å². The number of hydrogen-bond acceptors (Lipinski definition) is 4. The molecule has 1 amide bonds. The maximum atomic E-state index is 12.0. The van der Waals surface area contributed by atoms with Crippen molar-refractivity contribution in [3.63, 3.8) is 0 Å². The maximum absolute atomic E-state index is 12.0. The number of carbonyl (C=O) groups excluding carboxylic acids is 1. The molecule has 6 heteroatoms. The van der Waals surface area contributed by atoms with Crippen LogP contribution in [0.1, 0.15) is 13.8 Å². The van der Waals surface area contributed by atoms with E-state index in [1.807, 2.05) is 24.3 Å². The van der Waals surface area contributed by atoms with Gasteiger partial charge in [-0.3, -0.25) is 4.79 Å². The molecule has 2 N–H and O–H groups in total. The first kappa shape index (κ1) is 14.9. The van der Waals surface area contributed by atoms with Gasteiger partial charge in [0.2, 0.25) is 5.91 Å². The van der Waals surface area contributed by atoms with Crippen LogP contribution in [0.2, 0.25) is 0 Å². The van der Waals surface area contributed by atoms with E-state index in [1.54, 1.807) is 20.9 Å². The zero-order chi connectivity index (χ0) is 14.8. The second kappa shape index (κ2) is 5.85. The molecule has 1 heterocycles. The number of aliphatic hydroxyl groups is 1. The smallest absolute Gasteiger partial charge is 0.232 e. The Morgan fingerprint density at radius 2 is 2.15 bits per heavy atom. The monoisotopic (exact) mass is 293 g/mol. The number of likely N-dealkylation sites (N-methyl/N-ethyl adjacent to an activating group) is 1. The summed E-state index contributed by atoms with van der Waals surface area (Å²) in [4.78, 5) is 21.1. The lowest BCUT2D eigenvalue weighted by Gasteiger charge is -2.25. The average Bonchev–Trinajstić information content (AvgIpc) is 2.76. The van der Waals surface area contributed by atoms with Crippen LogP contribution in [-0.4, -0.2) is 50.8 Å². The molecule has 0 aliphatic heterocycles. The van der Waals surface area contributed by atoms with E-state index >= 15 is 0 Å². The molecule has 20 heavy (non-hydrogen) atoms. The summed E-state index contributed by atoms with van der Waals surface area (Å²) in [5.74, 6) is 0.268. The van der Waals surface area contributed by atoms with Crippen molar-refractivity contribution < 1.29 is 9.90 Å². The van der Waals surface area contributed by atoms with Crippen molar-refractivity contribution in [2.75, 3.05) is 19.3 Å². The number of nitrogens with zero attached hydrogens (tertiary/aromatic N) is 2. The van der Waals surface area contributed by atoms with E-state index in [4.69, 9.17) is 0 Å². The number of imidazole rings is 1. The van der Waals surface area contributed by atoms with Crippen LogP contribution in [0, 0.1) is 0 Å². The summed E-state index contributed by atoms with van der Waals surface area (Å²) in [5.41, 5.74) is 0.980. The van der Waals surface area contributed by atoms with Crippen LogP contribution in [0.4, 0.5) is 0 Å². The third-order valence-corrected chi connectivity index (χ3v) is 3.61. The minimum atomic E-state index is -0.881. The van der Waals surface area contributed by atoms with E-state index in [2.05, 4.69) is 9.97 Å². The van der Waals surface area contributed by atoms with Gasteiger partial charge in [-0.25, -0.2) is 4.98 Å². The van der Waals surface area contributed by atoms with Crippen LogP contribution in [0.25, 0.3) is 11.0 Å². The third kappa shape index (κ3) is 3.98. The highest BCUT2D eigenvalue weighted by Gasteiger charge is 2.19. The first-order valence-corrected chi connectivity index (χ1v) is 7.37. The number of H-pyrrole nitrogens is 1. The fraction of sp³-hybridized carbons (Fsp3) is 0.429. The van der Waals surface area contributed by atoms with Crippen LogP contribution < -0.4 is 0 Å². The van der Waals surface area contributed by atoms with Crippen LogP contribution in [0.3, 0.4) is 0 Å². The molecule has 108 valence electrons. The SMILES string of the molecule is CN(CC(C)(C)O)C(=O)CSc1nc2ccccc2[nH]1. The van der Waals surface area contributed by atoms with Gasteiger partial charge in [-0.1, -0.05) is 23.9 Å². The van der Waals surface area contributed by atoms with Crippen molar-refractivity contribution in [3.05, 3.63) is 24.3 Å². The van der Waals surface area contributed by atoms with E-state index < -0.39 is 5.60 Å². The van der Waals surface area contributed by atoms with Gasteiger partial charge in [-0.05, 0) is 26.0 Å². The molecule has 1 aromatic carbocycles. The molecular weight excluding hydrogens is 274 g/mol. The molecule has 0 radical (unpaired) electrons. The zero-order valence-electron chi connectivity index (χ0n) is 11.9. The van der Waals surface area contributed by atoms with Gasteiger partial charge in [0.25, 0.3) is 0 Å². The number of nitrogens with one attached hydrogen (secondary N) is 1. The number of hydrogen-bond donors (Lipinski definition) is 2. The molecule has 0 aliphatic rings. The van der Waals surface area contributed by atoms with E-state index in [0.29, 0.717) is 12.3 Å². The fourth-order valence-electron chi connectivity index (χ4n) is 1.91. The lowest BCUT2D eigenvalue weighted by Crippen LogP contribution is -2.40. The minimum absolute atomic E-state index is 0.0300. The lowest BCUT2D eigenvalue weighted by molar-refractivity contribution is -0.129. The van der Waals surface area contributed by atoms with Gasteiger partial charge in [0, 0.05) is 13.6 Å². The summed E-state index contributed by atoms with van der Waals surface area (Å²) in [6, 6.07) is 7.75. The quantitative estimate of drug-likeness (QED) is 0.826. The van der Waals surface area contributed by atoms with Gasteiger partial charge in [-0.2, -0.15) is 0 Å². The van der Waals surface area contributed by atoms with Crippen LogP contribution in [0.5, 0.6) is 0 Å². The molecule has 1 aromatic heterocycles. The summed E-state index contributed by atoms with van der Waals surface area (Å²) in [7, 11) is 1.69. The number of aromatic amines is 1. The van der Waals surface area contributed by atoms with Crippen molar-refractivity contribution in [2.45, 2.75) is 24.6 Å². The Hall–Kier alpha value is -1.53. The van der Waals surface area contributed by atoms with E-state index in [1.165, 1.54) is 16.7 Å². The molecule has 2 aromatic rings. The molecular formula is C14H19N3O2S. The second-order valence-corrected chi connectivity index (χ2v) is 6.37. The number of benzene rings is 1. The highest BCUT2D eigenvalue weighted by molar-refractivity contribution is 7.99. The van der Waals surface area contributed by atoms with Crippen LogP contribution >= 0.6 is 11.8 Å². The fourth-order valence-corrected chi connectivity index (χ4v) is 2.73. The van der Waals surface area contributed by atoms with Crippen molar-refractivity contribution in [1.82, 2.24) is 14.9 Å². The largest absolute Gasteiger partial charge is 0.389 e. The number of fused-ring (bicyclic) bond motifs is 1. The Bertz CT molecular complexity index is 571. The number of rotatable bonds is 5. The third-order valence-electron chi connectivity index (χ3n) is 2.75. The highest BCUT2D eigenvalue weighted by Crippen LogP contribution is 2.19.